The number of hydrogen-bond acceptors (Lipinski definition) is 1. The van der Waals surface area contributed by atoms with Gasteiger partial charge in [0, 0.05) is 0 Å². The van der Waals surface area contributed by atoms with Gasteiger partial charge >= 0.3 is 6.18 Å². The van der Waals surface area contributed by atoms with E-state index < -0.39 is 30.3 Å². The Hall–Kier alpha value is -0.880. The maximum Gasteiger partial charge on any atom is 0.419 e. The monoisotopic (exact) mass is 261 g/mol. The summed E-state index contributed by atoms with van der Waals surface area (Å²) in [5.41, 5.74) is 3.69. The molecule has 0 bridgehead atoms. The first-order valence-electron chi connectivity index (χ1n) is 4.04. The molecule has 1 aromatic carbocycles. The Labute approximate surface area is 94.8 Å². The van der Waals surface area contributed by atoms with Crippen LogP contribution in [0.1, 0.15) is 17.2 Å². The molecule has 0 radical (unpaired) electrons. The lowest BCUT2D eigenvalue weighted by atomic mass is 10.0. The second-order valence-electron chi connectivity index (χ2n) is 3.00. The van der Waals surface area contributed by atoms with Gasteiger partial charge in [0.05, 0.1) is 11.6 Å². The van der Waals surface area contributed by atoms with Crippen LogP contribution in [0.5, 0.6) is 0 Å². The molecule has 7 heteroatoms. The third kappa shape index (κ3) is 3.31. The topological polar surface area (TPSA) is 26.0 Å². The summed E-state index contributed by atoms with van der Waals surface area (Å²) >= 11 is 0. The average molecular weight is 262 g/mol. The summed E-state index contributed by atoms with van der Waals surface area (Å²) in [5, 5.41) is 0. The van der Waals surface area contributed by atoms with Gasteiger partial charge in [0.2, 0.25) is 0 Å². The summed E-state index contributed by atoms with van der Waals surface area (Å²) in [6.45, 7) is -0.997. The standard InChI is InChI=1S/C9H8F5N.ClH/c10-4-8(15)5-1-2-7(11)6(3-5)9(12,13)14;/h1-3,8H,4,15H2;1H/t8-;/m0./s1. The molecule has 1 atom stereocenters. The quantitative estimate of drug-likeness (QED) is 0.813. The van der Waals surface area contributed by atoms with E-state index in [1.54, 1.807) is 0 Å². The Morgan fingerprint density at radius 2 is 1.81 bits per heavy atom. The molecule has 2 N–H and O–H groups in total. The molecule has 0 spiro atoms. The van der Waals surface area contributed by atoms with E-state index in [-0.39, 0.29) is 18.0 Å². The van der Waals surface area contributed by atoms with Crippen molar-refractivity contribution in [3.8, 4) is 0 Å². The SMILES string of the molecule is Cl.N[C@@H](CF)c1ccc(F)c(C(F)(F)F)c1. The fourth-order valence-corrected chi connectivity index (χ4v) is 1.08. The van der Waals surface area contributed by atoms with E-state index in [2.05, 4.69) is 0 Å². The summed E-state index contributed by atoms with van der Waals surface area (Å²) < 4.78 is 61.5. The van der Waals surface area contributed by atoms with Gasteiger partial charge in [0.25, 0.3) is 0 Å². The number of nitrogens with two attached hydrogens (primary N) is 1. The lowest BCUT2D eigenvalue weighted by Gasteiger charge is -2.12. The van der Waals surface area contributed by atoms with Crippen molar-refractivity contribution >= 4 is 12.4 Å². The molecule has 0 saturated carbocycles. The maximum atomic E-state index is 12.8. The number of rotatable bonds is 2. The van der Waals surface area contributed by atoms with Crippen LogP contribution in [0.3, 0.4) is 0 Å². The van der Waals surface area contributed by atoms with Crippen molar-refractivity contribution in [1.82, 2.24) is 0 Å². The summed E-state index contributed by atoms with van der Waals surface area (Å²) in [7, 11) is 0. The molecule has 1 rings (SSSR count). The van der Waals surface area contributed by atoms with Crippen LogP contribution in [-0.4, -0.2) is 6.67 Å². The van der Waals surface area contributed by atoms with Gasteiger partial charge < -0.3 is 5.73 Å². The van der Waals surface area contributed by atoms with Crippen LogP contribution in [0.4, 0.5) is 22.0 Å². The van der Waals surface area contributed by atoms with Gasteiger partial charge in [0.1, 0.15) is 12.5 Å². The van der Waals surface area contributed by atoms with E-state index in [4.69, 9.17) is 5.73 Å². The van der Waals surface area contributed by atoms with Crippen LogP contribution in [0.15, 0.2) is 18.2 Å². The van der Waals surface area contributed by atoms with Crippen LogP contribution >= 0.6 is 12.4 Å². The summed E-state index contributed by atoms with van der Waals surface area (Å²) in [4.78, 5) is 0. The molecular weight excluding hydrogens is 253 g/mol. The van der Waals surface area contributed by atoms with Crippen molar-refractivity contribution in [3.63, 3.8) is 0 Å². The second-order valence-corrected chi connectivity index (χ2v) is 3.00. The van der Waals surface area contributed by atoms with Gasteiger partial charge in [-0.05, 0) is 17.7 Å². The first kappa shape index (κ1) is 15.1. The van der Waals surface area contributed by atoms with E-state index >= 15 is 0 Å². The van der Waals surface area contributed by atoms with Crippen molar-refractivity contribution in [3.05, 3.63) is 35.1 Å². The third-order valence-electron chi connectivity index (χ3n) is 1.89. The minimum absolute atomic E-state index is 0. The van der Waals surface area contributed by atoms with Gasteiger partial charge in [-0.3, -0.25) is 0 Å². The molecule has 0 unspecified atom stereocenters. The zero-order chi connectivity index (χ0) is 11.6. The largest absolute Gasteiger partial charge is 0.419 e. The highest BCUT2D eigenvalue weighted by atomic mass is 35.5. The maximum absolute atomic E-state index is 12.8. The molecule has 0 heterocycles. The van der Waals surface area contributed by atoms with E-state index in [0.717, 1.165) is 6.07 Å². The predicted molar refractivity (Wildman–Crippen MR) is 51.6 cm³/mol. The van der Waals surface area contributed by atoms with E-state index in [9.17, 15) is 22.0 Å². The van der Waals surface area contributed by atoms with Crippen LogP contribution in [-0.2, 0) is 6.18 Å². The van der Waals surface area contributed by atoms with Crippen molar-refractivity contribution in [1.29, 1.82) is 0 Å². The Morgan fingerprint density at radius 1 is 1.25 bits per heavy atom. The highest BCUT2D eigenvalue weighted by Gasteiger charge is 2.34. The molecule has 0 aliphatic carbocycles. The van der Waals surface area contributed by atoms with E-state index in [1.165, 1.54) is 0 Å². The lowest BCUT2D eigenvalue weighted by molar-refractivity contribution is -0.140. The van der Waals surface area contributed by atoms with Crippen LogP contribution in [0, 0.1) is 5.82 Å². The molecule has 1 nitrogen and oxygen atoms in total. The van der Waals surface area contributed by atoms with Crippen molar-refractivity contribution in [2.24, 2.45) is 5.73 Å². The van der Waals surface area contributed by atoms with Crippen molar-refractivity contribution in [2.45, 2.75) is 12.2 Å². The van der Waals surface area contributed by atoms with Gasteiger partial charge in [0.15, 0.2) is 0 Å². The third-order valence-corrected chi connectivity index (χ3v) is 1.89. The molecule has 0 aliphatic rings. The smallest absolute Gasteiger partial charge is 0.322 e. The molecule has 16 heavy (non-hydrogen) atoms. The fourth-order valence-electron chi connectivity index (χ4n) is 1.08. The normalized spacial score (nSPS) is 13.1. The average Bonchev–Trinajstić information content (AvgIpc) is 2.15. The minimum Gasteiger partial charge on any atom is -0.322 e. The minimum atomic E-state index is -4.80. The zero-order valence-electron chi connectivity index (χ0n) is 7.89. The van der Waals surface area contributed by atoms with E-state index in [1.807, 2.05) is 0 Å². The van der Waals surface area contributed by atoms with E-state index in [0.29, 0.717) is 12.1 Å². The van der Waals surface area contributed by atoms with Crippen LogP contribution < -0.4 is 5.73 Å². The first-order valence-corrected chi connectivity index (χ1v) is 4.04. The Balaban J connectivity index is 0.00000225. The Kier molecular flexibility index (Phi) is 5.15. The Morgan fingerprint density at radius 3 is 2.25 bits per heavy atom. The Bertz CT molecular complexity index is 352. The van der Waals surface area contributed by atoms with Crippen LogP contribution in [0.25, 0.3) is 0 Å². The van der Waals surface area contributed by atoms with Gasteiger partial charge in [-0.1, -0.05) is 6.07 Å². The number of benzene rings is 1. The molecule has 1 aromatic rings. The molecule has 0 fully saturated rings. The van der Waals surface area contributed by atoms with Gasteiger partial charge in [-0.25, -0.2) is 8.78 Å². The molecule has 0 amide bonds. The predicted octanol–water partition coefficient (Wildman–Crippen LogP) is 3.24. The lowest BCUT2D eigenvalue weighted by Crippen LogP contribution is -2.15. The molecular formula is C9H9ClF5N. The molecule has 0 saturated heterocycles. The zero-order valence-corrected chi connectivity index (χ0v) is 8.71. The first-order chi connectivity index (χ1) is 6.86. The highest BCUT2D eigenvalue weighted by molar-refractivity contribution is 5.85. The molecule has 0 aliphatic heterocycles. The van der Waals surface area contributed by atoms with Crippen molar-refractivity contribution < 1.29 is 22.0 Å². The van der Waals surface area contributed by atoms with Crippen molar-refractivity contribution in [2.75, 3.05) is 6.67 Å². The molecule has 92 valence electrons. The number of hydrogen-bond donors (Lipinski definition) is 1. The summed E-state index contributed by atoms with van der Waals surface area (Å²) in [6.07, 6.45) is -4.80. The molecule has 0 aromatic heterocycles. The second kappa shape index (κ2) is 5.45. The van der Waals surface area contributed by atoms with Crippen LogP contribution in [0.2, 0.25) is 0 Å². The fraction of sp³-hybridized carbons (Fsp3) is 0.333. The summed E-state index contributed by atoms with van der Waals surface area (Å²) in [5.74, 6) is -1.39. The number of alkyl halides is 4. The highest BCUT2D eigenvalue weighted by Crippen LogP contribution is 2.32. The van der Waals surface area contributed by atoms with Gasteiger partial charge in [-0.15, -0.1) is 12.4 Å². The van der Waals surface area contributed by atoms with Gasteiger partial charge in [-0.2, -0.15) is 13.2 Å². The summed E-state index contributed by atoms with van der Waals surface area (Å²) in [6, 6.07) is 1.04. The number of halogens is 6.